The van der Waals surface area contributed by atoms with Crippen LogP contribution in [0.4, 0.5) is 0 Å². The second kappa shape index (κ2) is 43.8. The van der Waals surface area contributed by atoms with Crippen molar-refractivity contribution < 1.29 is 56.2 Å². The van der Waals surface area contributed by atoms with Crippen LogP contribution in [0.3, 0.4) is 0 Å². The molecule has 1 aliphatic heterocycles. The predicted molar refractivity (Wildman–Crippen MR) is 266 cm³/mol. The van der Waals surface area contributed by atoms with Gasteiger partial charge in [-0.15, -0.1) is 0 Å². The Kier molecular flexibility index (Phi) is 40.8. The Morgan fingerprint density at radius 2 is 1.05 bits per heavy atom. The van der Waals surface area contributed by atoms with Gasteiger partial charge in [-0.2, -0.15) is 8.42 Å². The summed E-state index contributed by atoms with van der Waals surface area (Å²) in [5.74, 6) is -0.526. The molecular formula is C53H92O12S. The van der Waals surface area contributed by atoms with Crippen LogP contribution in [0.25, 0.3) is 0 Å². The normalized spacial score (nSPS) is 20.1. The van der Waals surface area contributed by atoms with Crippen LogP contribution in [0, 0.1) is 0 Å². The number of rotatable bonds is 44. The molecule has 0 amide bonds. The molecule has 0 bridgehead atoms. The van der Waals surface area contributed by atoms with Crippen LogP contribution in [0.15, 0.2) is 72.9 Å². The van der Waals surface area contributed by atoms with E-state index in [0.29, 0.717) is 13.0 Å². The third kappa shape index (κ3) is 36.6. The number of ether oxygens (including phenoxy) is 4. The van der Waals surface area contributed by atoms with E-state index in [0.717, 1.165) is 44.9 Å². The Morgan fingerprint density at radius 3 is 1.52 bits per heavy atom. The Labute approximate surface area is 401 Å². The highest BCUT2D eigenvalue weighted by Crippen LogP contribution is 2.26. The van der Waals surface area contributed by atoms with Gasteiger partial charge < -0.3 is 34.3 Å². The summed E-state index contributed by atoms with van der Waals surface area (Å²) in [5, 5.41) is 30.7. The molecule has 1 fully saturated rings. The number of carbonyl (C=O) groups is 1. The minimum absolute atomic E-state index is 0.00667. The molecule has 13 heteroatoms. The number of aliphatic hydroxyl groups excluding tert-OH is 3. The molecule has 4 N–H and O–H groups in total. The molecule has 0 aromatic heterocycles. The molecule has 1 aliphatic rings. The van der Waals surface area contributed by atoms with Gasteiger partial charge in [-0.1, -0.05) is 196 Å². The SMILES string of the molecule is CC/C=C\C/C=C\C/C=C\C/C=C\C/C=C\CC(=O)OC(COCCCCCCCCCCCCCC/C=C\CCCCCCCCCC)COC1OC(CO)C(O)C(OS(=O)(=O)O)C1O. The van der Waals surface area contributed by atoms with Gasteiger partial charge in [0, 0.05) is 6.61 Å². The molecule has 12 nitrogen and oxygen atoms in total. The van der Waals surface area contributed by atoms with Gasteiger partial charge in [-0.05, 0) is 64.2 Å². The Balaban J connectivity index is 2.37. The van der Waals surface area contributed by atoms with Gasteiger partial charge in [-0.25, -0.2) is 4.18 Å². The van der Waals surface area contributed by atoms with Gasteiger partial charge >= 0.3 is 16.4 Å². The maximum atomic E-state index is 12.8. The van der Waals surface area contributed by atoms with Crippen LogP contribution in [-0.4, -0.2) is 97.5 Å². The van der Waals surface area contributed by atoms with E-state index < -0.39 is 59.8 Å². The zero-order chi connectivity index (χ0) is 48.2. The third-order valence-corrected chi connectivity index (χ3v) is 11.8. The molecule has 0 aromatic carbocycles. The van der Waals surface area contributed by atoms with E-state index in [1.54, 1.807) is 6.08 Å². The van der Waals surface area contributed by atoms with E-state index in [1.807, 2.05) is 12.2 Å². The molecule has 0 aliphatic carbocycles. The first-order valence-corrected chi connectivity index (χ1v) is 27.1. The van der Waals surface area contributed by atoms with Crippen LogP contribution in [0.2, 0.25) is 0 Å². The van der Waals surface area contributed by atoms with Gasteiger partial charge in [0.25, 0.3) is 0 Å². The summed E-state index contributed by atoms with van der Waals surface area (Å²) in [6.45, 7) is 3.76. The number of esters is 1. The minimum atomic E-state index is -5.08. The molecule has 6 atom stereocenters. The van der Waals surface area contributed by atoms with Crippen molar-refractivity contribution in [3.63, 3.8) is 0 Å². The highest BCUT2D eigenvalue weighted by molar-refractivity contribution is 7.80. The van der Waals surface area contributed by atoms with Crippen molar-refractivity contribution in [2.24, 2.45) is 0 Å². The van der Waals surface area contributed by atoms with Gasteiger partial charge in [0.1, 0.15) is 30.5 Å². The highest BCUT2D eigenvalue weighted by atomic mass is 32.3. The second-order valence-corrected chi connectivity index (χ2v) is 18.4. The lowest BCUT2D eigenvalue weighted by atomic mass is 9.99. The number of aliphatic hydroxyl groups is 3. The maximum Gasteiger partial charge on any atom is 0.397 e. The first kappa shape index (κ1) is 61.6. The van der Waals surface area contributed by atoms with Crippen LogP contribution in [-0.2, 0) is 38.3 Å². The van der Waals surface area contributed by atoms with E-state index in [4.69, 9.17) is 18.9 Å². The van der Waals surface area contributed by atoms with Crippen molar-refractivity contribution in [2.45, 2.75) is 230 Å². The number of hydrogen-bond donors (Lipinski definition) is 4. The average molecular weight is 953 g/mol. The van der Waals surface area contributed by atoms with Crippen LogP contribution in [0.1, 0.15) is 194 Å². The predicted octanol–water partition coefficient (Wildman–Crippen LogP) is 11.9. The topological polar surface area (TPSA) is 178 Å². The van der Waals surface area contributed by atoms with Gasteiger partial charge in [0.2, 0.25) is 0 Å². The molecule has 0 spiro atoms. The molecule has 0 aromatic rings. The Bertz CT molecular complexity index is 1420. The van der Waals surface area contributed by atoms with E-state index in [9.17, 15) is 33.1 Å². The molecular weight excluding hydrogens is 861 g/mol. The third-order valence-electron chi connectivity index (χ3n) is 11.3. The molecule has 1 heterocycles. The first-order chi connectivity index (χ1) is 32.1. The van der Waals surface area contributed by atoms with E-state index in [1.165, 1.54) is 122 Å². The zero-order valence-corrected chi connectivity index (χ0v) is 41.8. The molecule has 382 valence electrons. The fourth-order valence-corrected chi connectivity index (χ4v) is 8.02. The van der Waals surface area contributed by atoms with Crippen molar-refractivity contribution in [2.75, 3.05) is 26.4 Å². The Hall–Kier alpha value is -2.46. The molecule has 6 unspecified atom stereocenters. The van der Waals surface area contributed by atoms with Crippen LogP contribution >= 0.6 is 0 Å². The molecule has 0 radical (unpaired) electrons. The summed E-state index contributed by atoms with van der Waals surface area (Å²) in [6, 6.07) is 0. The monoisotopic (exact) mass is 953 g/mol. The standard InChI is InChI=1S/C53H92O12S/c1-3-5-7-9-11-13-15-17-19-20-21-22-23-24-25-26-27-29-31-33-35-37-39-41-43-61-45-47(46-62-53-51(57)52(65-66(58,59)60)50(56)48(44-54)64-53)63-49(55)42-40-38-36-34-32-30-28-18-16-14-12-10-8-6-4-2/h6,8,12,14,18,20-21,28,32,34,38,40,47-48,50-54,56-57H,3-5,7,9-11,13,15-17,19,22-27,29-31,33,35-37,39,41-46H2,1-2H3,(H,58,59,60)/b8-6-,14-12-,21-20-,28-18-,34-32-,40-38-. The van der Waals surface area contributed by atoms with E-state index in [-0.39, 0.29) is 19.6 Å². The van der Waals surface area contributed by atoms with Crippen molar-refractivity contribution in [1.29, 1.82) is 0 Å². The average Bonchev–Trinajstić information content (AvgIpc) is 3.29. The molecule has 1 rings (SSSR count). The van der Waals surface area contributed by atoms with Gasteiger partial charge in [0.05, 0.1) is 26.2 Å². The zero-order valence-electron chi connectivity index (χ0n) is 41.0. The van der Waals surface area contributed by atoms with E-state index >= 15 is 0 Å². The largest absolute Gasteiger partial charge is 0.457 e. The number of carbonyl (C=O) groups excluding carboxylic acids is 1. The minimum Gasteiger partial charge on any atom is -0.457 e. The van der Waals surface area contributed by atoms with Crippen molar-refractivity contribution >= 4 is 16.4 Å². The first-order valence-electron chi connectivity index (χ1n) is 25.7. The quantitative estimate of drug-likeness (QED) is 0.0197. The molecule has 1 saturated heterocycles. The molecule has 0 saturated carbocycles. The smallest absolute Gasteiger partial charge is 0.397 e. The fourth-order valence-electron chi connectivity index (χ4n) is 7.51. The van der Waals surface area contributed by atoms with Crippen LogP contribution in [0.5, 0.6) is 0 Å². The lowest BCUT2D eigenvalue weighted by Crippen LogP contribution is -2.60. The van der Waals surface area contributed by atoms with Crippen molar-refractivity contribution in [3.8, 4) is 0 Å². The maximum absolute atomic E-state index is 12.8. The number of unbranched alkanes of at least 4 members (excludes halogenated alkanes) is 20. The number of hydrogen-bond acceptors (Lipinski definition) is 11. The summed E-state index contributed by atoms with van der Waals surface area (Å²) in [7, 11) is -5.08. The fraction of sp³-hybridized carbons (Fsp3) is 0.755. The summed E-state index contributed by atoms with van der Waals surface area (Å²) < 4.78 is 59.1. The second-order valence-electron chi connectivity index (χ2n) is 17.4. The van der Waals surface area contributed by atoms with Crippen molar-refractivity contribution in [1.82, 2.24) is 0 Å². The Morgan fingerprint density at radius 1 is 0.591 bits per heavy atom. The van der Waals surface area contributed by atoms with Gasteiger partial charge in [0.15, 0.2) is 6.29 Å². The van der Waals surface area contributed by atoms with Gasteiger partial charge in [-0.3, -0.25) is 9.35 Å². The summed E-state index contributed by atoms with van der Waals surface area (Å²) >= 11 is 0. The van der Waals surface area contributed by atoms with Crippen molar-refractivity contribution in [3.05, 3.63) is 72.9 Å². The van der Waals surface area contributed by atoms with Crippen LogP contribution < -0.4 is 0 Å². The molecule has 66 heavy (non-hydrogen) atoms. The number of allylic oxidation sites excluding steroid dienone is 11. The van der Waals surface area contributed by atoms with E-state index in [2.05, 4.69) is 72.7 Å². The summed E-state index contributed by atoms with van der Waals surface area (Å²) in [6.07, 6.45) is 48.3. The highest BCUT2D eigenvalue weighted by Gasteiger charge is 2.48. The lowest BCUT2D eigenvalue weighted by Gasteiger charge is -2.41. The summed E-state index contributed by atoms with van der Waals surface area (Å²) in [5.41, 5.74) is 0. The summed E-state index contributed by atoms with van der Waals surface area (Å²) in [4.78, 5) is 12.8. The lowest BCUT2D eigenvalue weighted by molar-refractivity contribution is -0.301.